The smallest absolute Gasteiger partial charge is 0.306 e. The predicted octanol–water partition coefficient (Wildman–Crippen LogP) is 3.25. The lowest BCUT2D eigenvalue weighted by molar-refractivity contribution is -0.143. The Balaban J connectivity index is 1.87. The first-order valence-corrected chi connectivity index (χ1v) is 7.57. The van der Waals surface area contributed by atoms with E-state index in [0.29, 0.717) is 13.0 Å². The van der Waals surface area contributed by atoms with Crippen molar-refractivity contribution in [3.63, 3.8) is 0 Å². The number of fused-ring (bicyclic) bond motifs is 1. The molecule has 1 aromatic heterocycles. The van der Waals surface area contributed by atoms with Crippen LogP contribution in [0.15, 0.2) is 36.5 Å². The molecule has 4 heteroatoms. The summed E-state index contributed by atoms with van der Waals surface area (Å²) in [5.41, 5.74) is 3.52. The maximum atomic E-state index is 11.7. The lowest BCUT2D eigenvalue weighted by Crippen LogP contribution is -2.16. The zero-order valence-corrected chi connectivity index (χ0v) is 12.3. The number of esters is 1. The summed E-state index contributed by atoms with van der Waals surface area (Å²) in [6, 6.07) is 10.2. The van der Waals surface area contributed by atoms with Gasteiger partial charge in [0.05, 0.1) is 24.9 Å². The summed E-state index contributed by atoms with van der Waals surface area (Å²) in [5.74, 6) is 0.132. The molecule has 1 heterocycles. The Labute approximate surface area is 124 Å². The molecule has 4 nitrogen and oxygen atoms in total. The van der Waals surface area contributed by atoms with E-state index < -0.39 is 0 Å². The lowest BCUT2D eigenvalue weighted by atomic mass is 9.85. The summed E-state index contributed by atoms with van der Waals surface area (Å²) in [6.07, 6.45) is 5.53. The van der Waals surface area contributed by atoms with Gasteiger partial charge in [-0.05, 0) is 49.8 Å². The molecule has 1 aliphatic rings. The fourth-order valence-electron chi connectivity index (χ4n) is 3.07. The van der Waals surface area contributed by atoms with Crippen LogP contribution in [0.3, 0.4) is 0 Å². The minimum Gasteiger partial charge on any atom is -0.466 e. The van der Waals surface area contributed by atoms with Gasteiger partial charge >= 0.3 is 5.97 Å². The molecule has 0 saturated heterocycles. The van der Waals surface area contributed by atoms with Gasteiger partial charge in [-0.15, -0.1) is 0 Å². The average molecular weight is 284 g/mol. The Kier molecular flexibility index (Phi) is 4.04. The van der Waals surface area contributed by atoms with Crippen LogP contribution in [0.2, 0.25) is 0 Å². The minimum absolute atomic E-state index is 0.109. The van der Waals surface area contributed by atoms with Gasteiger partial charge in [-0.2, -0.15) is 5.10 Å². The molecule has 1 aromatic carbocycles. The standard InChI is InChI=1S/C17H20N2O2/c1-2-21-17(20)11-13-7-6-10-16-15(13)12-18-19(16)14-8-4-3-5-9-14/h3-5,8-9,12-13H,2,6-7,10-11H2,1H3/t13-/m1/s1. The maximum Gasteiger partial charge on any atom is 0.306 e. The van der Waals surface area contributed by atoms with Gasteiger partial charge in [0, 0.05) is 5.69 Å². The van der Waals surface area contributed by atoms with Crippen LogP contribution in [-0.2, 0) is 16.0 Å². The molecule has 0 saturated carbocycles. The molecule has 0 fully saturated rings. The number of carbonyl (C=O) groups is 1. The molecular weight excluding hydrogens is 264 g/mol. The molecule has 2 aromatic rings. The van der Waals surface area contributed by atoms with Crippen LogP contribution in [0.4, 0.5) is 0 Å². The van der Waals surface area contributed by atoms with Crippen LogP contribution < -0.4 is 0 Å². The number of aromatic nitrogens is 2. The largest absolute Gasteiger partial charge is 0.466 e. The zero-order valence-electron chi connectivity index (χ0n) is 12.3. The number of benzene rings is 1. The van der Waals surface area contributed by atoms with Crippen LogP contribution in [0.5, 0.6) is 0 Å². The zero-order chi connectivity index (χ0) is 14.7. The van der Waals surface area contributed by atoms with E-state index in [1.807, 2.05) is 36.0 Å². The first kappa shape index (κ1) is 13.9. The SMILES string of the molecule is CCOC(=O)C[C@H]1CCCc2c1cnn2-c1ccccc1. The molecule has 0 aliphatic heterocycles. The predicted molar refractivity (Wildman–Crippen MR) is 80.5 cm³/mol. The van der Waals surface area contributed by atoms with Crippen molar-refractivity contribution in [2.45, 2.75) is 38.5 Å². The van der Waals surface area contributed by atoms with Gasteiger partial charge in [0.1, 0.15) is 0 Å². The first-order valence-electron chi connectivity index (χ1n) is 7.57. The van der Waals surface area contributed by atoms with Crippen molar-refractivity contribution < 1.29 is 9.53 Å². The highest BCUT2D eigenvalue weighted by Crippen LogP contribution is 2.35. The number of ether oxygens (including phenoxy) is 1. The van der Waals surface area contributed by atoms with Gasteiger partial charge in [-0.25, -0.2) is 4.68 Å². The third-order valence-electron chi connectivity index (χ3n) is 4.03. The third kappa shape index (κ3) is 2.84. The summed E-state index contributed by atoms with van der Waals surface area (Å²) in [7, 11) is 0. The van der Waals surface area contributed by atoms with Gasteiger partial charge < -0.3 is 4.74 Å². The molecule has 1 aliphatic carbocycles. The number of hydrogen-bond acceptors (Lipinski definition) is 3. The highest BCUT2D eigenvalue weighted by atomic mass is 16.5. The minimum atomic E-state index is -0.109. The van der Waals surface area contributed by atoms with E-state index >= 15 is 0 Å². The molecule has 0 N–H and O–H groups in total. The Hall–Kier alpha value is -2.10. The summed E-state index contributed by atoms with van der Waals surface area (Å²) in [5, 5.41) is 4.54. The summed E-state index contributed by atoms with van der Waals surface area (Å²) in [4.78, 5) is 11.7. The molecular formula is C17H20N2O2. The normalized spacial score (nSPS) is 17.3. The van der Waals surface area contributed by atoms with Crippen LogP contribution in [0.1, 0.15) is 43.4 Å². The second-order valence-corrected chi connectivity index (χ2v) is 5.39. The number of para-hydroxylation sites is 1. The van der Waals surface area contributed by atoms with Gasteiger partial charge in [0.25, 0.3) is 0 Å². The van der Waals surface area contributed by atoms with E-state index in [2.05, 4.69) is 17.2 Å². The van der Waals surface area contributed by atoms with Gasteiger partial charge in [-0.1, -0.05) is 18.2 Å². The molecule has 3 rings (SSSR count). The van der Waals surface area contributed by atoms with Crippen LogP contribution in [-0.4, -0.2) is 22.4 Å². The molecule has 0 amide bonds. The van der Waals surface area contributed by atoms with Gasteiger partial charge in [0.15, 0.2) is 0 Å². The quantitative estimate of drug-likeness (QED) is 0.810. The topological polar surface area (TPSA) is 44.1 Å². The highest BCUT2D eigenvalue weighted by molar-refractivity contribution is 5.70. The first-order chi connectivity index (χ1) is 10.3. The molecule has 1 atom stereocenters. The molecule has 0 spiro atoms. The van der Waals surface area contributed by atoms with Crippen molar-refractivity contribution in [2.24, 2.45) is 0 Å². The van der Waals surface area contributed by atoms with E-state index in [4.69, 9.17) is 4.74 Å². The van der Waals surface area contributed by atoms with Crippen molar-refractivity contribution >= 4 is 5.97 Å². The molecule has 0 unspecified atom stereocenters. The van der Waals surface area contributed by atoms with E-state index in [1.165, 1.54) is 11.3 Å². The second kappa shape index (κ2) is 6.12. The molecule has 21 heavy (non-hydrogen) atoms. The monoisotopic (exact) mass is 284 g/mol. The third-order valence-corrected chi connectivity index (χ3v) is 4.03. The summed E-state index contributed by atoms with van der Waals surface area (Å²) >= 11 is 0. The Bertz CT molecular complexity index is 619. The fourth-order valence-corrected chi connectivity index (χ4v) is 3.07. The van der Waals surface area contributed by atoms with E-state index in [-0.39, 0.29) is 11.9 Å². The van der Waals surface area contributed by atoms with Crippen molar-refractivity contribution in [1.82, 2.24) is 9.78 Å². The number of hydrogen-bond donors (Lipinski definition) is 0. The van der Waals surface area contributed by atoms with Crippen molar-refractivity contribution in [3.8, 4) is 5.69 Å². The van der Waals surface area contributed by atoms with E-state index in [1.54, 1.807) is 0 Å². The number of carbonyl (C=O) groups excluding carboxylic acids is 1. The van der Waals surface area contributed by atoms with Crippen LogP contribution in [0.25, 0.3) is 5.69 Å². The molecule has 110 valence electrons. The van der Waals surface area contributed by atoms with Crippen molar-refractivity contribution in [1.29, 1.82) is 0 Å². The highest BCUT2D eigenvalue weighted by Gasteiger charge is 2.26. The Morgan fingerprint density at radius 3 is 2.95 bits per heavy atom. The van der Waals surface area contributed by atoms with Crippen LogP contribution in [0, 0.1) is 0 Å². The van der Waals surface area contributed by atoms with E-state index in [0.717, 1.165) is 24.9 Å². The van der Waals surface area contributed by atoms with Crippen molar-refractivity contribution in [3.05, 3.63) is 47.8 Å². The van der Waals surface area contributed by atoms with Crippen LogP contribution >= 0.6 is 0 Å². The molecule has 0 bridgehead atoms. The van der Waals surface area contributed by atoms with Crippen molar-refractivity contribution in [2.75, 3.05) is 6.61 Å². The lowest BCUT2D eigenvalue weighted by Gasteiger charge is -2.22. The Morgan fingerprint density at radius 1 is 1.38 bits per heavy atom. The second-order valence-electron chi connectivity index (χ2n) is 5.39. The summed E-state index contributed by atoms with van der Waals surface area (Å²) < 4.78 is 7.09. The summed E-state index contributed by atoms with van der Waals surface area (Å²) in [6.45, 7) is 2.29. The fraction of sp³-hybridized carbons (Fsp3) is 0.412. The van der Waals surface area contributed by atoms with Gasteiger partial charge in [0.2, 0.25) is 0 Å². The maximum absolute atomic E-state index is 11.7. The van der Waals surface area contributed by atoms with E-state index in [9.17, 15) is 4.79 Å². The number of rotatable bonds is 4. The molecule has 0 radical (unpaired) electrons. The number of nitrogens with zero attached hydrogens (tertiary/aromatic N) is 2. The van der Waals surface area contributed by atoms with Gasteiger partial charge in [-0.3, -0.25) is 4.79 Å². The average Bonchev–Trinajstić information content (AvgIpc) is 2.93. The Morgan fingerprint density at radius 2 is 2.19 bits per heavy atom.